The Balaban J connectivity index is 1.75. The molecule has 3 aromatic rings. The molecule has 3 aromatic carbocycles. The molecular formula is C22H16N2O. The Morgan fingerprint density at radius 1 is 0.760 bits per heavy atom. The van der Waals surface area contributed by atoms with Crippen molar-refractivity contribution in [1.82, 2.24) is 0 Å². The van der Waals surface area contributed by atoms with Gasteiger partial charge in [0.15, 0.2) is 0 Å². The maximum atomic E-state index is 6.10. The zero-order valence-corrected chi connectivity index (χ0v) is 13.5. The van der Waals surface area contributed by atoms with Crippen LogP contribution in [0.3, 0.4) is 0 Å². The van der Waals surface area contributed by atoms with Crippen LogP contribution in [0.15, 0.2) is 95.1 Å². The number of hydrogen-bond acceptors (Lipinski definition) is 3. The van der Waals surface area contributed by atoms with Gasteiger partial charge in [-0.25, -0.2) is 4.99 Å². The van der Waals surface area contributed by atoms with Gasteiger partial charge in [-0.15, -0.1) is 0 Å². The first-order valence-electron chi connectivity index (χ1n) is 8.40. The van der Waals surface area contributed by atoms with Crippen LogP contribution in [0.4, 0.5) is 5.69 Å². The molecule has 2 aliphatic rings. The molecule has 3 heteroatoms. The van der Waals surface area contributed by atoms with E-state index in [1.54, 1.807) is 0 Å². The van der Waals surface area contributed by atoms with Crippen molar-refractivity contribution in [2.24, 2.45) is 10.1 Å². The van der Waals surface area contributed by atoms with Gasteiger partial charge in [0, 0.05) is 11.1 Å². The molecule has 0 aromatic heterocycles. The zero-order chi connectivity index (χ0) is 16.7. The van der Waals surface area contributed by atoms with Crippen LogP contribution < -0.4 is 0 Å². The lowest BCUT2D eigenvalue weighted by atomic mass is 9.74. The average Bonchev–Trinajstić information content (AvgIpc) is 3.27. The van der Waals surface area contributed by atoms with Crippen molar-refractivity contribution >= 4 is 17.6 Å². The monoisotopic (exact) mass is 324 g/mol. The van der Waals surface area contributed by atoms with E-state index in [4.69, 9.17) is 9.83 Å². The SMILES string of the molecule is C1=NO[C@]2(C(c3ccccc3)=Nc3ccccc32)[C@H]1c1ccccc1. The largest absolute Gasteiger partial charge is 0.377 e. The van der Waals surface area contributed by atoms with Gasteiger partial charge in [0.1, 0.15) is 5.71 Å². The van der Waals surface area contributed by atoms with Crippen molar-refractivity contribution < 1.29 is 4.84 Å². The molecule has 0 amide bonds. The fraction of sp³-hybridized carbons (Fsp3) is 0.0909. The van der Waals surface area contributed by atoms with Gasteiger partial charge in [0.25, 0.3) is 0 Å². The summed E-state index contributed by atoms with van der Waals surface area (Å²) in [5, 5.41) is 4.25. The predicted octanol–water partition coefficient (Wildman–Crippen LogP) is 4.82. The van der Waals surface area contributed by atoms with Crippen LogP contribution in [0, 0.1) is 0 Å². The second-order valence-electron chi connectivity index (χ2n) is 6.31. The quantitative estimate of drug-likeness (QED) is 0.665. The zero-order valence-electron chi connectivity index (χ0n) is 13.5. The molecule has 0 N–H and O–H groups in total. The van der Waals surface area contributed by atoms with Gasteiger partial charge >= 0.3 is 0 Å². The molecule has 5 rings (SSSR count). The van der Waals surface area contributed by atoms with E-state index in [9.17, 15) is 0 Å². The van der Waals surface area contributed by atoms with Gasteiger partial charge in [-0.1, -0.05) is 84.0 Å². The summed E-state index contributed by atoms with van der Waals surface area (Å²) in [6.45, 7) is 0. The van der Waals surface area contributed by atoms with E-state index < -0.39 is 5.60 Å². The standard InChI is InChI=1S/C22H16N2O/c1-3-9-16(10-4-1)19-15-23-25-22(19)18-13-7-8-14-20(18)24-21(22)17-11-5-2-6-12-17/h1-15,19H/t19-,22+/m1/s1. The highest BCUT2D eigenvalue weighted by Gasteiger charge is 2.55. The van der Waals surface area contributed by atoms with Crippen molar-refractivity contribution in [3.8, 4) is 0 Å². The molecule has 0 bridgehead atoms. The number of aliphatic imine (C=N–C) groups is 1. The molecule has 0 aliphatic carbocycles. The van der Waals surface area contributed by atoms with Gasteiger partial charge < -0.3 is 4.84 Å². The van der Waals surface area contributed by atoms with Crippen molar-refractivity contribution in [2.75, 3.05) is 0 Å². The minimum Gasteiger partial charge on any atom is -0.377 e. The summed E-state index contributed by atoms with van der Waals surface area (Å²) >= 11 is 0. The van der Waals surface area contributed by atoms with Crippen LogP contribution >= 0.6 is 0 Å². The molecule has 3 nitrogen and oxygen atoms in total. The predicted molar refractivity (Wildman–Crippen MR) is 99.5 cm³/mol. The minimum atomic E-state index is -0.709. The smallest absolute Gasteiger partial charge is 0.218 e. The molecule has 2 heterocycles. The summed E-state index contributed by atoms with van der Waals surface area (Å²) in [4.78, 5) is 11.0. The number of nitrogens with zero attached hydrogens (tertiary/aromatic N) is 2. The molecule has 25 heavy (non-hydrogen) atoms. The number of rotatable bonds is 2. The highest BCUT2D eigenvalue weighted by molar-refractivity contribution is 6.14. The van der Waals surface area contributed by atoms with Crippen LogP contribution in [-0.2, 0) is 10.4 Å². The van der Waals surface area contributed by atoms with E-state index in [0.717, 1.165) is 22.5 Å². The van der Waals surface area contributed by atoms with Crippen LogP contribution in [0.2, 0.25) is 0 Å². The van der Waals surface area contributed by atoms with Gasteiger partial charge in [-0.05, 0) is 11.6 Å². The van der Waals surface area contributed by atoms with Gasteiger partial charge in [-0.3, -0.25) is 0 Å². The lowest BCUT2D eigenvalue weighted by Gasteiger charge is -2.31. The molecule has 0 fully saturated rings. The Bertz CT molecular complexity index is 979. The third-order valence-corrected chi connectivity index (χ3v) is 4.94. The molecule has 120 valence electrons. The first-order valence-corrected chi connectivity index (χ1v) is 8.40. The summed E-state index contributed by atoms with van der Waals surface area (Å²) in [5.74, 6) is -0.0173. The highest BCUT2D eigenvalue weighted by atomic mass is 16.7. The van der Waals surface area contributed by atoms with Gasteiger partial charge in [0.05, 0.1) is 17.8 Å². The normalized spacial score (nSPS) is 23.4. The molecule has 2 atom stereocenters. The molecule has 1 spiro atoms. The van der Waals surface area contributed by atoms with Crippen LogP contribution in [-0.4, -0.2) is 11.9 Å². The molecule has 0 saturated heterocycles. The number of fused-ring (bicyclic) bond motifs is 2. The Labute approximate surface area is 146 Å². The Morgan fingerprint density at radius 2 is 1.44 bits per heavy atom. The summed E-state index contributed by atoms with van der Waals surface area (Å²) in [7, 11) is 0. The van der Waals surface area contributed by atoms with Crippen LogP contribution in [0.25, 0.3) is 0 Å². The van der Waals surface area contributed by atoms with E-state index in [1.807, 2.05) is 48.7 Å². The van der Waals surface area contributed by atoms with Crippen molar-refractivity contribution in [3.63, 3.8) is 0 Å². The van der Waals surface area contributed by atoms with E-state index >= 15 is 0 Å². The Morgan fingerprint density at radius 3 is 2.24 bits per heavy atom. The maximum absolute atomic E-state index is 6.10. The summed E-state index contributed by atoms with van der Waals surface area (Å²) < 4.78 is 0. The highest BCUT2D eigenvalue weighted by Crippen LogP contribution is 2.52. The van der Waals surface area contributed by atoms with Crippen molar-refractivity contribution in [1.29, 1.82) is 0 Å². The van der Waals surface area contributed by atoms with E-state index in [2.05, 4.69) is 47.6 Å². The third kappa shape index (κ3) is 1.99. The molecule has 0 saturated carbocycles. The summed E-state index contributed by atoms with van der Waals surface area (Å²) in [5.41, 5.74) is 4.46. The number of hydrogen-bond donors (Lipinski definition) is 0. The van der Waals surface area contributed by atoms with Crippen LogP contribution in [0.5, 0.6) is 0 Å². The first kappa shape index (κ1) is 14.2. The second-order valence-corrected chi connectivity index (χ2v) is 6.31. The average molecular weight is 324 g/mol. The first-order chi connectivity index (χ1) is 12.4. The van der Waals surface area contributed by atoms with E-state index in [0.29, 0.717) is 0 Å². The lowest BCUT2D eigenvalue weighted by molar-refractivity contribution is 0.0277. The van der Waals surface area contributed by atoms with Crippen molar-refractivity contribution in [3.05, 3.63) is 102 Å². The fourth-order valence-electron chi connectivity index (χ4n) is 3.82. The van der Waals surface area contributed by atoms with E-state index in [1.165, 1.54) is 5.56 Å². The second kappa shape index (κ2) is 5.42. The van der Waals surface area contributed by atoms with Gasteiger partial charge in [0.2, 0.25) is 5.60 Å². The molecule has 0 radical (unpaired) electrons. The van der Waals surface area contributed by atoms with E-state index in [-0.39, 0.29) is 5.92 Å². The maximum Gasteiger partial charge on any atom is 0.218 e. The summed E-state index contributed by atoms with van der Waals surface area (Å²) in [6.07, 6.45) is 1.90. The van der Waals surface area contributed by atoms with Crippen molar-refractivity contribution in [2.45, 2.75) is 11.5 Å². The number of para-hydroxylation sites is 1. The third-order valence-electron chi connectivity index (χ3n) is 4.94. The number of oxime groups is 1. The number of benzene rings is 3. The minimum absolute atomic E-state index is 0.0173. The molecule has 0 unspecified atom stereocenters. The summed E-state index contributed by atoms with van der Waals surface area (Å²) in [6, 6.07) is 28.8. The Kier molecular flexibility index (Phi) is 3.07. The fourth-order valence-corrected chi connectivity index (χ4v) is 3.82. The molecular weight excluding hydrogens is 308 g/mol. The molecule has 2 aliphatic heterocycles. The van der Waals surface area contributed by atoms with Gasteiger partial charge in [-0.2, -0.15) is 0 Å². The Hall–Kier alpha value is -3.20. The lowest BCUT2D eigenvalue weighted by Crippen LogP contribution is -2.39. The van der Waals surface area contributed by atoms with Crippen LogP contribution in [0.1, 0.15) is 22.6 Å². The topological polar surface area (TPSA) is 34.0 Å².